The van der Waals surface area contributed by atoms with Gasteiger partial charge in [0.25, 0.3) is 0 Å². The molecular weight excluding hydrogens is 287 g/mol. The minimum atomic E-state index is 0.0654. The normalized spacial score (nSPS) is 9.16. The van der Waals surface area contributed by atoms with Gasteiger partial charge in [0.2, 0.25) is 0 Å². The first-order chi connectivity index (χ1) is 9.06. The third-order valence-electron chi connectivity index (χ3n) is 2.12. The van der Waals surface area contributed by atoms with Gasteiger partial charge in [0.05, 0.1) is 5.02 Å². The van der Waals surface area contributed by atoms with Gasteiger partial charge in [-0.05, 0) is 30.3 Å². The Balaban J connectivity index is 0.000000191. The number of aromatic hydroxyl groups is 1. The zero-order valence-corrected chi connectivity index (χ0v) is 11.2. The van der Waals surface area contributed by atoms with Crippen molar-refractivity contribution in [2.24, 2.45) is 0 Å². The molecule has 0 heterocycles. The molecule has 0 aromatic heterocycles. The molecule has 0 unspecified atom stereocenters. The Kier molecular flexibility index (Phi) is 6.06. The van der Waals surface area contributed by atoms with Crippen molar-refractivity contribution in [3.8, 4) is 5.75 Å². The molecule has 0 bridgehead atoms. The van der Waals surface area contributed by atoms with Crippen molar-refractivity contribution in [1.82, 2.24) is 0 Å². The first-order valence-electron chi connectivity index (χ1n) is 5.21. The maximum Gasteiger partial charge on any atom is 0.151 e. The average molecular weight is 297 g/mol. The van der Waals surface area contributed by atoms with Gasteiger partial charge in [-0.25, -0.2) is 0 Å². The van der Waals surface area contributed by atoms with Crippen LogP contribution in [0.2, 0.25) is 10.0 Å². The van der Waals surface area contributed by atoms with Crippen LogP contribution in [0.1, 0.15) is 20.7 Å². The van der Waals surface area contributed by atoms with Crippen LogP contribution >= 0.6 is 23.2 Å². The van der Waals surface area contributed by atoms with Crippen LogP contribution in [0.25, 0.3) is 0 Å². The average Bonchev–Trinajstić information content (AvgIpc) is 2.40. The summed E-state index contributed by atoms with van der Waals surface area (Å²) in [6.45, 7) is 0. The Morgan fingerprint density at radius 1 is 0.895 bits per heavy atom. The Labute approximate surface area is 120 Å². The van der Waals surface area contributed by atoms with Gasteiger partial charge in [-0.15, -0.1) is 0 Å². The van der Waals surface area contributed by atoms with Crippen LogP contribution in [-0.4, -0.2) is 17.7 Å². The lowest BCUT2D eigenvalue weighted by Gasteiger charge is -1.94. The summed E-state index contributed by atoms with van der Waals surface area (Å²) < 4.78 is 0. The van der Waals surface area contributed by atoms with Crippen LogP contribution in [0.5, 0.6) is 5.75 Å². The number of aldehydes is 2. The first-order valence-corrected chi connectivity index (χ1v) is 5.97. The zero-order valence-electron chi connectivity index (χ0n) is 9.72. The second-order valence-electron chi connectivity index (χ2n) is 3.49. The Hall–Kier alpha value is -1.84. The van der Waals surface area contributed by atoms with Crippen molar-refractivity contribution >= 4 is 35.8 Å². The summed E-state index contributed by atoms with van der Waals surface area (Å²) in [6, 6.07) is 10.9. The van der Waals surface area contributed by atoms with Crippen LogP contribution < -0.4 is 0 Å². The van der Waals surface area contributed by atoms with Crippen molar-refractivity contribution < 1.29 is 14.7 Å². The predicted molar refractivity (Wildman–Crippen MR) is 75.3 cm³/mol. The van der Waals surface area contributed by atoms with Gasteiger partial charge in [-0.1, -0.05) is 35.3 Å². The van der Waals surface area contributed by atoms with Crippen LogP contribution in [-0.2, 0) is 0 Å². The molecule has 0 radical (unpaired) electrons. The van der Waals surface area contributed by atoms with E-state index in [1.54, 1.807) is 24.3 Å². The second kappa shape index (κ2) is 7.56. The monoisotopic (exact) mass is 296 g/mol. The molecule has 0 aliphatic carbocycles. The van der Waals surface area contributed by atoms with E-state index in [1.165, 1.54) is 18.2 Å². The lowest BCUT2D eigenvalue weighted by Crippen LogP contribution is -1.79. The quantitative estimate of drug-likeness (QED) is 0.852. The van der Waals surface area contributed by atoms with E-state index >= 15 is 0 Å². The third kappa shape index (κ3) is 5.12. The minimum absolute atomic E-state index is 0.0654. The summed E-state index contributed by atoms with van der Waals surface area (Å²) >= 11 is 11.1. The molecule has 0 saturated carbocycles. The molecule has 0 aliphatic heterocycles. The van der Waals surface area contributed by atoms with E-state index < -0.39 is 0 Å². The van der Waals surface area contributed by atoms with Crippen LogP contribution in [0.15, 0.2) is 42.5 Å². The Morgan fingerprint density at radius 3 is 2.00 bits per heavy atom. The number of benzene rings is 2. The van der Waals surface area contributed by atoms with Crippen molar-refractivity contribution in [2.45, 2.75) is 0 Å². The van der Waals surface area contributed by atoms with Crippen molar-refractivity contribution in [3.05, 3.63) is 63.6 Å². The minimum Gasteiger partial charge on any atom is -0.508 e. The molecule has 2 aromatic carbocycles. The molecule has 5 heteroatoms. The fraction of sp³-hybridized carbons (Fsp3) is 0. The SMILES string of the molecule is O=Cc1ccc(Cl)cc1.O=Cc1ccc(O)cc1Cl. The molecule has 0 spiro atoms. The number of carbonyl (C=O) groups is 2. The summed E-state index contributed by atoms with van der Waals surface area (Å²) in [5.74, 6) is 0.0654. The highest BCUT2D eigenvalue weighted by Gasteiger charge is 1.97. The number of phenols is 1. The number of rotatable bonds is 2. The highest BCUT2D eigenvalue weighted by Crippen LogP contribution is 2.19. The maximum atomic E-state index is 10.2. The van der Waals surface area contributed by atoms with E-state index in [1.807, 2.05) is 0 Å². The topological polar surface area (TPSA) is 54.4 Å². The van der Waals surface area contributed by atoms with Gasteiger partial charge < -0.3 is 5.11 Å². The number of phenolic OH excluding ortho intramolecular Hbond substituents is 1. The summed E-state index contributed by atoms with van der Waals surface area (Å²) in [7, 11) is 0. The van der Waals surface area contributed by atoms with E-state index in [4.69, 9.17) is 28.3 Å². The van der Waals surface area contributed by atoms with Gasteiger partial charge >= 0.3 is 0 Å². The molecule has 3 nitrogen and oxygen atoms in total. The lowest BCUT2D eigenvalue weighted by atomic mass is 10.2. The van der Waals surface area contributed by atoms with Crippen molar-refractivity contribution in [3.63, 3.8) is 0 Å². The van der Waals surface area contributed by atoms with E-state index in [9.17, 15) is 9.59 Å². The molecule has 0 aliphatic rings. The number of carbonyl (C=O) groups excluding carboxylic acids is 2. The molecule has 98 valence electrons. The lowest BCUT2D eigenvalue weighted by molar-refractivity contribution is 0.111. The number of halogens is 2. The van der Waals surface area contributed by atoms with Gasteiger partial charge in [-0.3, -0.25) is 9.59 Å². The predicted octanol–water partition coefficient (Wildman–Crippen LogP) is 4.01. The fourth-order valence-electron chi connectivity index (χ4n) is 1.15. The molecule has 0 amide bonds. The van der Waals surface area contributed by atoms with Gasteiger partial charge in [0, 0.05) is 16.1 Å². The maximum absolute atomic E-state index is 10.2. The van der Waals surface area contributed by atoms with E-state index in [-0.39, 0.29) is 10.8 Å². The standard InChI is InChI=1S/C7H5ClO2.C7H5ClO/c8-7-3-6(10)2-1-5(7)4-9;8-7-3-1-6(5-9)2-4-7/h1-4,10H;1-5H. The summed E-state index contributed by atoms with van der Waals surface area (Å²) in [4.78, 5) is 20.2. The van der Waals surface area contributed by atoms with E-state index in [2.05, 4.69) is 0 Å². The number of hydrogen-bond acceptors (Lipinski definition) is 3. The number of hydrogen-bond donors (Lipinski definition) is 1. The second-order valence-corrected chi connectivity index (χ2v) is 4.34. The molecule has 0 fully saturated rings. The third-order valence-corrected chi connectivity index (χ3v) is 2.70. The van der Waals surface area contributed by atoms with Crippen LogP contribution in [0.4, 0.5) is 0 Å². The van der Waals surface area contributed by atoms with Crippen molar-refractivity contribution in [2.75, 3.05) is 0 Å². The fourth-order valence-corrected chi connectivity index (χ4v) is 1.50. The molecule has 0 atom stereocenters. The molecular formula is C14H10Cl2O3. The van der Waals surface area contributed by atoms with Gasteiger partial charge in [0.1, 0.15) is 12.0 Å². The largest absolute Gasteiger partial charge is 0.508 e. The summed E-state index contributed by atoms with van der Waals surface area (Å²) in [6.07, 6.45) is 1.43. The zero-order chi connectivity index (χ0) is 14.3. The summed E-state index contributed by atoms with van der Waals surface area (Å²) in [5, 5.41) is 9.76. The van der Waals surface area contributed by atoms with Crippen LogP contribution in [0, 0.1) is 0 Å². The highest BCUT2D eigenvalue weighted by molar-refractivity contribution is 6.33. The van der Waals surface area contributed by atoms with Gasteiger partial charge in [0.15, 0.2) is 6.29 Å². The molecule has 2 rings (SSSR count). The molecule has 1 N–H and O–H groups in total. The Morgan fingerprint density at radius 2 is 1.53 bits per heavy atom. The van der Waals surface area contributed by atoms with E-state index in [0.717, 1.165) is 6.29 Å². The van der Waals surface area contributed by atoms with Crippen molar-refractivity contribution in [1.29, 1.82) is 0 Å². The highest BCUT2D eigenvalue weighted by atomic mass is 35.5. The molecule has 19 heavy (non-hydrogen) atoms. The molecule has 0 saturated heterocycles. The van der Waals surface area contributed by atoms with Crippen LogP contribution in [0.3, 0.4) is 0 Å². The first kappa shape index (κ1) is 15.2. The van der Waals surface area contributed by atoms with Gasteiger partial charge in [-0.2, -0.15) is 0 Å². The smallest absolute Gasteiger partial charge is 0.151 e. The van der Waals surface area contributed by atoms with E-state index in [0.29, 0.717) is 22.4 Å². The Bertz CT molecular complexity index is 565. The molecule has 2 aromatic rings. The summed E-state index contributed by atoms with van der Waals surface area (Å²) in [5.41, 5.74) is 1.04.